The van der Waals surface area contributed by atoms with Gasteiger partial charge >= 0.3 is 0 Å². The van der Waals surface area contributed by atoms with Gasteiger partial charge in [-0.15, -0.1) is 0 Å². The van der Waals surface area contributed by atoms with E-state index in [0.717, 1.165) is 12.8 Å². The van der Waals surface area contributed by atoms with Crippen molar-refractivity contribution in [1.82, 2.24) is 0 Å². The summed E-state index contributed by atoms with van der Waals surface area (Å²) in [5, 5.41) is 32.1. The van der Waals surface area contributed by atoms with Crippen LogP contribution >= 0.6 is 0 Å². The van der Waals surface area contributed by atoms with Crippen LogP contribution < -0.4 is 0 Å². The van der Waals surface area contributed by atoms with Crippen LogP contribution in [0.25, 0.3) is 0 Å². The van der Waals surface area contributed by atoms with E-state index in [1.165, 1.54) is 5.57 Å². The molecular formula is C20H34O4. The average Bonchev–Trinajstić information content (AvgIpc) is 2.82. The van der Waals surface area contributed by atoms with Crippen LogP contribution in [0.1, 0.15) is 73.1 Å². The first-order valence-corrected chi connectivity index (χ1v) is 9.08. The van der Waals surface area contributed by atoms with Crippen molar-refractivity contribution in [3.63, 3.8) is 0 Å². The van der Waals surface area contributed by atoms with Gasteiger partial charge in [0.15, 0.2) is 0 Å². The Morgan fingerprint density at radius 1 is 1.17 bits per heavy atom. The molecule has 4 atom stereocenters. The Labute approximate surface area is 146 Å². The fourth-order valence-electron chi connectivity index (χ4n) is 3.72. The van der Waals surface area contributed by atoms with Gasteiger partial charge in [0.25, 0.3) is 0 Å². The summed E-state index contributed by atoms with van der Waals surface area (Å²) in [5.41, 5.74) is -2.42. The molecule has 0 aromatic rings. The van der Waals surface area contributed by atoms with E-state index in [9.17, 15) is 15.3 Å². The van der Waals surface area contributed by atoms with Crippen molar-refractivity contribution >= 4 is 0 Å². The Balaban J connectivity index is 2.41. The summed E-state index contributed by atoms with van der Waals surface area (Å²) < 4.78 is 6.34. The SMILES string of the molecule is C/C1=C\CC[C@@](C)(O)/C=C/[C@]2(C(C)(C)O)CC[C@@](C)(O2)[C@@H](O)CC1. The van der Waals surface area contributed by atoms with E-state index in [1.54, 1.807) is 26.8 Å². The second kappa shape index (κ2) is 6.56. The second-order valence-corrected chi connectivity index (χ2v) is 8.70. The number of aliphatic hydroxyl groups excluding tert-OH is 1. The number of allylic oxidation sites excluding steroid dienone is 2. The standard InChI is InChI=1S/C20H34O4/c1-15-7-6-10-18(4,23)11-13-20(17(2,3)22)14-12-19(5,24-20)16(21)9-8-15/h7,11,13,16,21-23H,6,8-10,12,14H2,1-5H3/b13-11+,15-7+/t16-,18+,19+,20+/m0/s1. The zero-order chi connectivity index (χ0) is 18.2. The molecule has 2 aliphatic rings. The summed E-state index contributed by atoms with van der Waals surface area (Å²) in [7, 11) is 0. The van der Waals surface area contributed by atoms with Gasteiger partial charge in [-0.1, -0.05) is 23.8 Å². The summed E-state index contributed by atoms with van der Waals surface area (Å²) in [4.78, 5) is 0. The highest BCUT2D eigenvalue weighted by Gasteiger charge is 2.55. The molecule has 138 valence electrons. The van der Waals surface area contributed by atoms with E-state index in [1.807, 2.05) is 13.0 Å². The van der Waals surface area contributed by atoms with Crippen molar-refractivity contribution in [3.05, 3.63) is 23.8 Å². The second-order valence-electron chi connectivity index (χ2n) is 8.70. The number of rotatable bonds is 1. The first-order valence-electron chi connectivity index (χ1n) is 9.08. The molecule has 0 aromatic heterocycles. The maximum Gasteiger partial charge on any atom is 0.115 e. The molecule has 2 bridgehead atoms. The Hall–Kier alpha value is -0.680. The number of ether oxygens (including phenoxy) is 1. The molecule has 2 aliphatic heterocycles. The van der Waals surface area contributed by atoms with E-state index < -0.39 is 28.5 Å². The lowest BCUT2D eigenvalue weighted by Crippen LogP contribution is -2.52. The normalized spacial score (nSPS) is 45.5. The van der Waals surface area contributed by atoms with Gasteiger partial charge in [0.05, 0.1) is 22.9 Å². The monoisotopic (exact) mass is 338 g/mol. The summed E-state index contributed by atoms with van der Waals surface area (Å²) in [6.07, 6.45) is 9.27. The Morgan fingerprint density at radius 2 is 1.83 bits per heavy atom. The van der Waals surface area contributed by atoms with Crippen molar-refractivity contribution in [2.24, 2.45) is 0 Å². The third-order valence-corrected chi connectivity index (χ3v) is 5.82. The highest BCUT2D eigenvalue weighted by atomic mass is 16.6. The molecule has 24 heavy (non-hydrogen) atoms. The van der Waals surface area contributed by atoms with Crippen LogP contribution in [0.2, 0.25) is 0 Å². The summed E-state index contributed by atoms with van der Waals surface area (Å²) in [5.74, 6) is 0. The minimum Gasteiger partial charge on any atom is -0.390 e. The largest absolute Gasteiger partial charge is 0.390 e. The van der Waals surface area contributed by atoms with Gasteiger partial charge in [0.1, 0.15) is 5.60 Å². The van der Waals surface area contributed by atoms with Crippen LogP contribution in [0.5, 0.6) is 0 Å². The van der Waals surface area contributed by atoms with Crippen molar-refractivity contribution < 1.29 is 20.1 Å². The van der Waals surface area contributed by atoms with Crippen LogP contribution in [0, 0.1) is 0 Å². The van der Waals surface area contributed by atoms with E-state index in [2.05, 4.69) is 13.0 Å². The molecule has 0 saturated carbocycles. The van der Waals surface area contributed by atoms with Gasteiger partial charge in [-0.2, -0.15) is 0 Å². The molecule has 4 nitrogen and oxygen atoms in total. The molecule has 1 fully saturated rings. The molecule has 1 saturated heterocycles. The molecule has 3 N–H and O–H groups in total. The Morgan fingerprint density at radius 3 is 2.46 bits per heavy atom. The zero-order valence-corrected chi connectivity index (χ0v) is 15.8. The van der Waals surface area contributed by atoms with Gasteiger partial charge < -0.3 is 20.1 Å². The number of hydrogen-bond donors (Lipinski definition) is 3. The van der Waals surface area contributed by atoms with Gasteiger partial charge in [0, 0.05) is 0 Å². The van der Waals surface area contributed by atoms with E-state index in [0.29, 0.717) is 25.7 Å². The van der Waals surface area contributed by atoms with Gasteiger partial charge in [0.2, 0.25) is 0 Å². The molecule has 4 heteroatoms. The first-order chi connectivity index (χ1) is 10.9. The maximum absolute atomic E-state index is 10.7. The molecule has 0 aliphatic carbocycles. The average molecular weight is 338 g/mol. The molecule has 0 aromatic carbocycles. The van der Waals surface area contributed by atoms with E-state index in [-0.39, 0.29) is 0 Å². The molecule has 0 amide bonds. The highest BCUT2D eigenvalue weighted by Crippen LogP contribution is 2.47. The predicted molar refractivity (Wildman–Crippen MR) is 95.7 cm³/mol. The van der Waals surface area contributed by atoms with E-state index in [4.69, 9.17) is 4.74 Å². The predicted octanol–water partition coefficient (Wildman–Crippen LogP) is 3.25. The summed E-state index contributed by atoms with van der Waals surface area (Å²) >= 11 is 0. The Bertz CT molecular complexity index is 514. The summed E-state index contributed by atoms with van der Waals surface area (Å²) in [6, 6.07) is 0. The molecule has 0 radical (unpaired) electrons. The van der Waals surface area contributed by atoms with Gasteiger partial charge in [-0.25, -0.2) is 0 Å². The lowest BCUT2D eigenvalue weighted by atomic mass is 9.81. The van der Waals surface area contributed by atoms with Crippen molar-refractivity contribution in [2.75, 3.05) is 0 Å². The maximum atomic E-state index is 10.7. The minimum absolute atomic E-state index is 0.584. The zero-order valence-electron chi connectivity index (χ0n) is 15.8. The lowest BCUT2D eigenvalue weighted by molar-refractivity contribution is -0.189. The number of hydrogen-bond acceptors (Lipinski definition) is 4. The fraction of sp³-hybridized carbons (Fsp3) is 0.800. The van der Waals surface area contributed by atoms with Gasteiger partial charge in [-0.3, -0.25) is 0 Å². The van der Waals surface area contributed by atoms with Crippen LogP contribution in [0.15, 0.2) is 23.8 Å². The topological polar surface area (TPSA) is 69.9 Å². The molecule has 2 heterocycles. The third-order valence-electron chi connectivity index (χ3n) is 5.82. The smallest absolute Gasteiger partial charge is 0.115 e. The van der Waals surface area contributed by atoms with E-state index >= 15 is 0 Å². The highest BCUT2D eigenvalue weighted by molar-refractivity contribution is 5.19. The molecule has 0 unspecified atom stereocenters. The lowest BCUT2D eigenvalue weighted by Gasteiger charge is -2.41. The summed E-state index contributed by atoms with van der Waals surface area (Å²) in [6.45, 7) is 9.24. The van der Waals surface area contributed by atoms with Crippen molar-refractivity contribution in [1.29, 1.82) is 0 Å². The van der Waals surface area contributed by atoms with Crippen LogP contribution in [-0.4, -0.2) is 43.8 Å². The van der Waals surface area contributed by atoms with Crippen LogP contribution in [-0.2, 0) is 4.74 Å². The first kappa shape index (κ1) is 19.6. The molecule has 0 spiro atoms. The molecular weight excluding hydrogens is 304 g/mol. The Kier molecular flexibility index (Phi) is 5.37. The van der Waals surface area contributed by atoms with Gasteiger partial charge in [-0.05, 0) is 73.1 Å². The fourth-order valence-corrected chi connectivity index (χ4v) is 3.72. The number of fused-ring (bicyclic) bond motifs is 2. The van der Waals surface area contributed by atoms with Crippen molar-refractivity contribution in [3.8, 4) is 0 Å². The van der Waals surface area contributed by atoms with Crippen LogP contribution in [0.4, 0.5) is 0 Å². The van der Waals surface area contributed by atoms with Crippen molar-refractivity contribution in [2.45, 2.75) is 102 Å². The third kappa shape index (κ3) is 4.10. The minimum atomic E-state index is -1.11. The van der Waals surface area contributed by atoms with Crippen LogP contribution in [0.3, 0.4) is 0 Å². The quantitative estimate of drug-likeness (QED) is 0.642. The number of aliphatic hydroxyl groups is 3. The molecule has 2 rings (SSSR count).